The molecule has 0 bridgehead atoms. The van der Waals surface area contributed by atoms with Gasteiger partial charge in [-0.25, -0.2) is 0 Å². The first-order chi connectivity index (χ1) is 8.48. The van der Waals surface area contributed by atoms with E-state index < -0.39 is 0 Å². The van der Waals surface area contributed by atoms with Gasteiger partial charge < -0.3 is 10.1 Å². The van der Waals surface area contributed by atoms with Crippen molar-refractivity contribution in [3.05, 3.63) is 0 Å². The fourth-order valence-corrected chi connectivity index (χ4v) is 3.00. The summed E-state index contributed by atoms with van der Waals surface area (Å²) in [6.07, 6.45) is 2.72. The molecule has 3 nitrogen and oxygen atoms in total. The molecule has 1 heterocycles. The molecule has 1 fully saturated rings. The van der Waals surface area contributed by atoms with E-state index in [1.165, 1.54) is 12.8 Å². The Bertz CT molecular complexity index is 239. The highest BCUT2D eigenvalue weighted by Gasteiger charge is 2.37. The molecule has 18 heavy (non-hydrogen) atoms. The number of piperazine rings is 1. The van der Waals surface area contributed by atoms with Crippen molar-refractivity contribution >= 4 is 0 Å². The fraction of sp³-hybridized carbons (Fsp3) is 1.00. The van der Waals surface area contributed by atoms with Gasteiger partial charge in [-0.1, -0.05) is 27.7 Å². The molecule has 1 aliphatic heterocycles. The number of nitrogens with one attached hydrogen (secondary N) is 1. The third kappa shape index (κ3) is 3.69. The van der Waals surface area contributed by atoms with Crippen LogP contribution >= 0.6 is 0 Å². The zero-order valence-corrected chi connectivity index (χ0v) is 13.1. The summed E-state index contributed by atoms with van der Waals surface area (Å²) in [4.78, 5) is 2.64. The van der Waals surface area contributed by atoms with Crippen LogP contribution in [-0.2, 0) is 4.74 Å². The van der Waals surface area contributed by atoms with Gasteiger partial charge in [-0.05, 0) is 25.7 Å². The van der Waals surface area contributed by atoms with E-state index in [0.717, 1.165) is 19.6 Å². The zero-order chi connectivity index (χ0) is 13.8. The Balaban J connectivity index is 2.75. The average molecular weight is 256 g/mol. The number of methoxy groups -OCH3 is 1. The number of hydrogen-bond donors (Lipinski definition) is 1. The van der Waals surface area contributed by atoms with E-state index in [1.54, 1.807) is 0 Å². The standard InChI is InChI=1S/C15H32N2O/c1-7-15(8-2)11-17(10-13(5)18-6)14(9-16-15)12(3)4/h12-14,16H,7-11H2,1-6H3. The molecule has 0 aromatic carbocycles. The van der Waals surface area contributed by atoms with Crippen molar-refractivity contribution in [3.8, 4) is 0 Å². The van der Waals surface area contributed by atoms with Gasteiger partial charge in [-0.2, -0.15) is 0 Å². The van der Waals surface area contributed by atoms with Crippen LogP contribution in [0.5, 0.6) is 0 Å². The second-order valence-corrected chi connectivity index (χ2v) is 6.16. The molecule has 2 atom stereocenters. The van der Waals surface area contributed by atoms with Crippen LogP contribution in [0.3, 0.4) is 0 Å². The smallest absolute Gasteiger partial charge is 0.0670 e. The lowest BCUT2D eigenvalue weighted by Gasteiger charge is -2.49. The Kier molecular flexibility index (Phi) is 6.09. The lowest BCUT2D eigenvalue weighted by atomic mass is 9.86. The molecule has 0 amide bonds. The average Bonchev–Trinajstić information content (AvgIpc) is 2.38. The Labute approximate surface area is 113 Å². The number of nitrogens with zero attached hydrogens (tertiary/aromatic N) is 1. The van der Waals surface area contributed by atoms with Crippen molar-refractivity contribution in [2.45, 2.75) is 65.1 Å². The summed E-state index contributed by atoms with van der Waals surface area (Å²) in [6.45, 7) is 14.7. The highest BCUT2D eigenvalue weighted by atomic mass is 16.5. The maximum Gasteiger partial charge on any atom is 0.0670 e. The van der Waals surface area contributed by atoms with Crippen LogP contribution in [0.4, 0.5) is 0 Å². The lowest BCUT2D eigenvalue weighted by molar-refractivity contribution is 0.00459. The second kappa shape index (κ2) is 6.88. The summed E-state index contributed by atoms with van der Waals surface area (Å²) in [5.41, 5.74) is 0.304. The largest absolute Gasteiger partial charge is 0.380 e. The monoisotopic (exact) mass is 256 g/mol. The molecule has 2 unspecified atom stereocenters. The van der Waals surface area contributed by atoms with Crippen LogP contribution in [-0.4, -0.2) is 49.3 Å². The first kappa shape index (κ1) is 15.9. The predicted octanol–water partition coefficient (Wildman–Crippen LogP) is 2.51. The van der Waals surface area contributed by atoms with E-state index >= 15 is 0 Å². The third-order valence-electron chi connectivity index (χ3n) is 4.68. The van der Waals surface area contributed by atoms with E-state index in [4.69, 9.17) is 4.74 Å². The molecule has 1 saturated heterocycles. The minimum absolute atomic E-state index is 0.304. The molecule has 108 valence electrons. The molecular weight excluding hydrogens is 224 g/mol. The highest BCUT2D eigenvalue weighted by molar-refractivity contribution is 4.97. The van der Waals surface area contributed by atoms with Crippen molar-refractivity contribution in [1.29, 1.82) is 0 Å². The van der Waals surface area contributed by atoms with E-state index in [9.17, 15) is 0 Å². The van der Waals surface area contributed by atoms with Gasteiger partial charge in [-0.3, -0.25) is 4.90 Å². The summed E-state index contributed by atoms with van der Waals surface area (Å²) in [6, 6.07) is 0.633. The Morgan fingerprint density at radius 1 is 1.28 bits per heavy atom. The quantitative estimate of drug-likeness (QED) is 0.790. The normalized spacial score (nSPS) is 26.5. The minimum atomic E-state index is 0.304. The summed E-state index contributed by atoms with van der Waals surface area (Å²) in [5, 5.41) is 3.80. The van der Waals surface area contributed by atoms with Crippen molar-refractivity contribution in [2.24, 2.45) is 5.92 Å². The van der Waals surface area contributed by atoms with Crippen LogP contribution < -0.4 is 5.32 Å². The number of rotatable bonds is 6. The number of ether oxygens (including phenoxy) is 1. The topological polar surface area (TPSA) is 24.5 Å². The van der Waals surface area contributed by atoms with Crippen LogP contribution in [0.2, 0.25) is 0 Å². The van der Waals surface area contributed by atoms with Crippen LogP contribution in [0.25, 0.3) is 0 Å². The lowest BCUT2D eigenvalue weighted by Crippen LogP contribution is -2.65. The van der Waals surface area contributed by atoms with Gasteiger partial charge in [0.1, 0.15) is 0 Å². The maximum atomic E-state index is 5.45. The van der Waals surface area contributed by atoms with Crippen molar-refractivity contribution in [1.82, 2.24) is 10.2 Å². The van der Waals surface area contributed by atoms with Crippen LogP contribution in [0, 0.1) is 5.92 Å². The first-order valence-corrected chi connectivity index (χ1v) is 7.49. The molecule has 1 aliphatic rings. The Morgan fingerprint density at radius 3 is 2.33 bits per heavy atom. The molecular formula is C15H32N2O. The third-order valence-corrected chi connectivity index (χ3v) is 4.68. The molecule has 1 N–H and O–H groups in total. The van der Waals surface area contributed by atoms with Crippen molar-refractivity contribution in [3.63, 3.8) is 0 Å². The van der Waals surface area contributed by atoms with E-state index in [-0.39, 0.29) is 0 Å². The van der Waals surface area contributed by atoms with Gasteiger partial charge in [-0.15, -0.1) is 0 Å². The number of hydrogen-bond acceptors (Lipinski definition) is 3. The molecule has 3 heteroatoms. The Hall–Kier alpha value is -0.120. The van der Waals surface area contributed by atoms with Gasteiger partial charge >= 0.3 is 0 Å². The highest BCUT2D eigenvalue weighted by Crippen LogP contribution is 2.25. The predicted molar refractivity (Wildman–Crippen MR) is 78.0 cm³/mol. The maximum absolute atomic E-state index is 5.45. The van der Waals surface area contributed by atoms with Gasteiger partial charge in [0.05, 0.1) is 6.10 Å². The van der Waals surface area contributed by atoms with E-state index in [2.05, 4.69) is 44.8 Å². The van der Waals surface area contributed by atoms with Gasteiger partial charge in [0.15, 0.2) is 0 Å². The van der Waals surface area contributed by atoms with E-state index in [0.29, 0.717) is 23.6 Å². The van der Waals surface area contributed by atoms with Gasteiger partial charge in [0.2, 0.25) is 0 Å². The molecule has 0 saturated carbocycles. The second-order valence-electron chi connectivity index (χ2n) is 6.16. The summed E-state index contributed by atoms with van der Waals surface area (Å²) in [5.74, 6) is 0.688. The molecule has 0 aliphatic carbocycles. The van der Waals surface area contributed by atoms with Crippen molar-refractivity contribution in [2.75, 3.05) is 26.7 Å². The van der Waals surface area contributed by atoms with Crippen LogP contribution in [0.15, 0.2) is 0 Å². The van der Waals surface area contributed by atoms with Gasteiger partial charge in [0, 0.05) is 38.3 Å². The molecule has 1 rings (SSSR count). The Morgan fingerprint density at radius 2 is 1.89 bits per heavy atom. The van der Waals surface area contributed by atoms with Crippen molar-refractivity contribution < 1.29 is 4.74 Å². The summed E-state index contributed by atoms with van der Waals surface area (Å²) in [7, 11) is 1.81. The zero-order valence-electron chi connectivity index (χ0n) is 13.1. The minimum Gasteiger partial charge on any atom is -0.380 e. The molecule has 0 radical (unpaired) electrons. The van der Waals surface area contributed by atoms with Gasteiger partial charge in [0.25, 0.3) is 0 Å². The summed E-state index contributed by atoms with van der Waals surface area (Å²) < 4.78 is 5.45. The van der Waals surface area contributed by atoms with E-state index in [1.807, 2.05) is 7.11 Å². The molecule has 0 spiro atoms. The summed E-state index contributed by atoms with van der Waals surface area (Å²) >= 11 is 0. The first-order valence-electron chi connectivity index (χ1n) is 7.49. The molecule has 0 aromatic heterocycles. The molecule has 0 aromatic rings. The van der Waals surface area contributed by atoms with Crippen LogP contribution in [0.1, 0.15) is 47.5 Å². The fourth-order valence-electron chi connectivity index (χ4n) is 3.00. The SMILES string of the molecule is CCC1(CC)CN(CC(C)OC)C(C(C)C)CN1.